The number of carbonyl (C=O) groups excluding carboxylic acids is 1. The maximum absolute atomic E-state index is 12.1. The molecule has 2 N–H and O–H groups in total. The Kier molecular flexibility index (Phi) is 3.60. The number of amides is 1. The van der Waals surface area contributed by atoms with Crippen LogP contribution >= 0.6 is 0 Å². The highest BCUT2D eigenvalue weighted by molar-refractivity contribution is 5.93. The summed E-state index contributed by atoms with van der Waals surface area (Å²) in [5, 5.41) is 0. The number of hydrogen-bond donors (Lipinski definition) is 2. The van der Waals surface area contributed by atoms with E-state index in [1.165, 1.54) is 0 Å². The molecule has 3 atom stereocenters. The molecule has 2 saturated heterocycles. The van der Waals surface area contributed by atoms with Crippen molar-refractivity contribution in [1.29, 1.82) is 0 Å². The number of fused-ring (bicyclic) bond motifs is 2. The van der Waals surface area contributed by atoms with Gasteiger partial charge in [0.1, 0.15) is 0 Å². The predicted octanol–water partition coefficient (Wildman–Crippen LogP) is 0.805. The molecule has 0 aliphatic carbocycles. The minimum absolute atomic E-state index is 0.0812. The van der Waals surface area contributed by atoms with Crippen molar-refractivity contribution >= 4 is 5.91 Å². The quantitative estimate of drug-likeness (QED) is 0.751. The molecular weight excluding hydrogens is 294 g/mol. The molecule has 3 aliphatic heterocycles. The number of benzene rings is 1. The summed E-state index contributed by atoms with van der Waals surface area (Å²) < 4.78 is 10.8. The van der Waals surface area contributed by atoms with E-state index < -0.39 is 0 Å². The van der Waals surface area contributed by atoms with Gasteiger partial charge in [-0.25, -0.2) is 5.43 Å². The Morgan fingerprint density at radius 2 is 2.17 bits per heavy atom. The molecule has 3 unspecified atom stereocenters. The second-order valence-electron chi connectivity index (χ2n) is 6.06. The van der Waals surface area contributed by atoms with Crippen LogP contribution in [0, 0.1) is 17.8 Å². The molecule has 6 heteroatoms. The Morgan fingerprint density at radius 1 is 1.30 bits per heavy atom. The van der Waals surface area contributed by atoms with Crippen LogP contribution in [0.5, 0.6) is 11.5 Å². The normalized spacial score (nSPS) is 28.0. The topological polar surface area (TPSA) is 62.8 Å². The Hall–Kier alpha value is -2.23. The summed E-state index contributed by atoms with van der Waals surface area (Å²) in [6.07, 6.45) is 0.926. The highest BCUT2D eigenvalue weighted by Gasteiger charge is 2.41. The smallest absolute Gasteiger partial charge is 0.298 e. The summed E-state index contributed by atoms with van der Waals surface area (Å²) in [4.78, 5) is 13.9. The lowest BCUT2D eigenvalue weighted by molar-refractivity contribution is -0.127. The third-order valence-electron chi connectivity index (χ3n) is 4.79. The summed E-state index contributed by atoms with van der Waals surface area (Å²) in [7, 11) is 0. The first-order chi connectivity index (χ1) is 11.3. The third kappa shape index (κ3) is 2.52. The standard InChI is InChI=1S/C17H19N3O3/c1-2-3-16(21)20-7-6-13-12(9-20)17(19-18-13)11-4-5-14-15(8-11)23-10-22-14/h4-5,8,12-13,17-19H,6-7,9-10H2,1H3. The Bertz CT molecular complexity index is 694. The summed E-state index contributed by atoms with van der Waals surface area (Å²) in [5.74, 6) is 7.14. The van der Waals surface area contributed by atoms with Crippen molar-refractivity contribution < 1.29 is 14.3 Å². The number of nitrogens with zero attached hydrogens (tertiary/aromatic N) is 1. The van der Waals surface area contributed by atoms with E-state index in [0.717, 1.165) is 30.0 Å². The van der Waals surface area contributed by atoms with Crippen molar-refractivity contribution in [3.8, 4) is 23.3 Å². The van der Waals surface area contributed by atoms with Crippen LogP contribution in [0.15, 0.2) is 18.2 Å². The lowest BCUT2D eigenvalue weighted by Crippen LogP contribution is -2.47. The lowest BCUT2D eigenvalue weighted by Gasteiger charge is -2.35. The van der Waals surface area contributed by atoms with E-state index in [0.29, 0.717) is 18.5 Å². The van der Waals surface area contributed by atoms with Gasteiger partial charge >= 0.3 is 0 Å². The molecular formula is C17H19N3O3. The lowest BCUT2D eigenvalue weighted by atomic mass is 9.85. The number of piperidine rings is 1. The number of carbonyl (C=O) groups is 1. The van der Waals surface area contributed by atoms with Gasteiger partial charge in [-0.2, -0.15) is 0 Å². The maximum atomic E-state index is 12.1. The largest absolute Gasteiger partial charge is 0.454 e. The van der Waals surface area contributed by atoms with Gasteiger partial charge in [-0.15, -0.1) is 0 Å². The Morgan fingerprint density at radius 3 is 3.04 bits per heavy atom. The van der Waals surface area contributed by atoms with Gasteiger partial charge in [-0.3, -0.25) is 10.2 Å². The van der Waals surface area contributed by atoms with E-state index in [9.17, 15) is 4.79 Å². The van der Waals surface area contributed by atoms with Crippen molar-refractivity contribution in [2.75, 3.05) is 19.9 Å². The number of hydrogen-bond acceptors (Lipinski definition) is 5. The van der Waals surface area contributed by atoms with Crippen LogP contribution in [0.25, 0.3) is 0 Å². The predicted molar refractivity (Wildman–Crippen MR) is 83.5 cm³/mol. The molecule has 4 rings (SSSR count). The van der Waals surface area contributed by atoms with Crippen LogP contribution < -0.4 is 20.3 Å². The molecule has 6 nitrogen and oxygen atoms in total. The van der Waals surface area contributed by atoms with E-state index in [1.807, 2.05) is 17.0 Å². The Balaban J connectivity index is 1.55. The SMILES string of the molecule is CC#CC(=O)N1CCC2NNC(c3ccc4c(c3)OCO4)C2C1. The van der Waals surface area contributed by atoms with Gasteiger partial charge in [0.05, 0.1) is 6.04 Å². The third-order valence-corrected chi connectivity index (χ3v) is 4.79. The van der Waals surface area contributed by atoms with Crippen molar-refractivity contribution in [2.24, 2.45) is 5.92 Å². The minimum Gasteiger partial charge on any atom is -0.454 e. The van der Waals surface area contributed by atoms with Crippen LogP contribution in [0.4, 0.5) is 0 Å². The van der Waals surface area contributed by atoms with Gasteiger partial charge < -0.3 is 14.4 Å². The van der Waals surface area contributed by atoms with E-state index in [1.54, 1.807) is 6.92 Å². The average molecular weight is 313 g/mol. The molecule has 3 aliphatic rings. The number of rotatable bonds is 1. The average Bonchev–Trinajstić information content (AvgIpc) is 3.20. The molecule has 1 aromatic rings. The van der Waals surface area contributed by atoms with Gasteiger partial charge in [0.15, 0.2) is 11.5 Å². The number of likely N-dealkylation sites (tertiary alicyclic amines) is 1. The first-order valence-corrected chi connectivity index (χ1v) is 7.88. The first-order valence-electron chi connectivity index (χ1n) is 7.88. The summed E-state index contributed by atoms with van der Waals surface area (Å²) in [5.41, 5.74) is 7.89. The summed E-state index contributed by atoms with van der Waals surface area (Å²) in [6, 6.07) is 6.53. The maximum Gasteiger partial charge on any atom is 0.298 e. The summed E-state index contributed by atoms with van der Waals surface area (Å²) in [6.45, 7) is 3.42. The van der Waals surface area contributed by atoms with Gasteiger partial charge in [0, 0.05) is 25.0 Å². The molecule has 120 valence electrons. The van der Waals surface area contributed by atoms with Crippen LogP contribution in [0.2, 0.25) is 0 Å². The van der Waals surface area contributed by atoms with Gasteiger partial charge in [0.2, 0.25) is 6.79 Å². The highest BCUT2D eigenvalue weighted by atomic mass is 16.7. The fourth-order valence-corrected chi connectivity index (χ4v) is 3.61. The Labute approximate surface area is 135 Å². The molecule has 3 heterocycles. The molecule has 1 amide bonds. The van der Waals surface area contributed by atoms with Crippen molar-refractivity contribution in [1.82, 2.24) is 15.8 Å². The highest BCUT2D eigenvalue weighted by Crippen LogP contribution is 2.39. The number of nitrogens with one attached hydrogen (secondary N) is 2. The van der Waals surface area contributed by atoms with E-state index >= 15 is 0 Å². The van der Waals surface area contributed by atoms with Crippen LogP contribution in [-0.4, -0.2) is 36.7 Å². The summed E-state index contributed by atoms with van der Waals surface area (Å²) >= 11 is 0. The number of ether oxygens (including phenoxy) is 2. The molecule has 0 aromatic heterocycles. The van der Waals surface area contributed by atoms with Crippen molar-refractivity contribution in [3.05, 3.63) is 23.8 Å². The molecule has 2 fully saturated rings. The molecule has 23 heavy (non-hydrogen) atoms. The van der Waals surface area contributed by atoms with Crippen LogP contribution in [0.3, 0.4) is 0 Å². The van der Waals surface area contributed by atoms with Crippen molar-refractivity contribution in [3.63, 3.8) is 0 Å². The molecule has 0 spiro atoms. The monoisotopic (exact) mass is 313 g/mol. The molecule has 1 aromatic carbocycles. The first kappa shape index (κ1) is 14.4. The molecule has 0 radical (unpaired) electrons. The van der Waals surface area contributed by atoms with Crippen LogP contribution in [0.1, 0.15) is 24.9 Å². The van der Waals surface area contributed by atoms with Crippen LogP contribution in [-0.2, 0) is 4.79 Å². The van der Waals surface area contributed by atoms with E-state index in [-0.39, 0.29) is 18.7 Å². The zero-order valence-electron chi connectivity index (χ0n) is 13.0. The fourth-order valence-electron chi connectivity index (χ4n) is 3.61. The molecule has 0 saturated carbocycles. The van der Waals surface area contributed by atoms with E-state index in [4.69, 9.17) is 9.47 Å². The molecule has 0 bridgehead atoms. The minimum atomic E-state index is -0.0812. The van der Waals surface area contributed by atoms with E-state index in [2.05, 4.69) is 28.8 Å². The zero-order chi connectivity index (χ0) is 15.8. The van der Waals surface area contributed by atoms with Gasteiger partial charge in [0.25, 0.3) is 5.91 Å². The zero-order valence-corrected chi connectivity index (χ0v) is 13.0. The second kappa shape index (κ2) is 5.76. The van der Waals surface area contributed by atoms with Crippen molar-refractivity contribution in [2.45, 2.75) is 25.4 Å². The van der Waals surface area contributed by atoms with Gasteiger partial charge in [-0.1, -0.05) is 12.0 Å². The van der Waals surface area contributed by atoms with Gasteiger partial charge in [-0.05, 0) is 37.0 Å². The fraction of sp³-hybridized carbons (Fsp3) is 0.471. The number of hydrazine groups is 1. The second-order valence-corrected chi connectivity index (χ2v) is 6.06.